The van der Waals surface area contributed by atoms with E-state index in [0.717, 1.165) is 5.56 Å². The van der Waals surface area contributed by atoms with E-state index in [2.05, 4.69) is 25.1 Å². The van der Waals surface area contributed by atoms with Gasteiger partial charge < -0.3 is 4.74 Å². The van der Waals surface area contributed by atoms with Gasteiger partial charge in [0.15, 0.2) is 17.0 Å². The molecule has 14 heteroatoms. The van der Waals surface area contributed by atoms with Crippen molar-refractivity contribution in [3.8, 4) is 11.6 Å². The molecule has 172 valence electrons. The predicted molar refractivity (Wildman–Crippen MR) is 118 cm³/mol. The van der Waals surface area contributed by atoms with E-state index < -0.39 is 17.7 Å². The van der Waals surface area contributed by atoms with Crippen LogP contribution in [0.3, 0.4) is 0 Å². The molecule has 0 saturated carbocycles. The van der Waals surface area contributed by atoms with Crippen molar-refractivity contribution in [2.45, 2.75) is 33.5 Å². The van der Waals surface area contributed by atoms with E-state index in [1.54, 1.807) is 19.2 Å². The monoisotopic (exact) mass is 494 g/mol. The summed E-state index contributed by atoms with van der Waals surface area (Å²) in [6.07, 6.45) is 1.46. The standard InChI is InChI=1S/C19H17Cl2FN8O3/c1-9-4-14(10(2)23-5-9)29-11(3)15(30(31)32)18(27-29)33-8-12(22)7-28-17-13(16(20)26-28)6-24-19(21)25-17/h4-6,12H,7-8H2,1-3H3. The van der Waals surface area contributed by atoms with Crippen LogP contribution in [0.4, 0.5) is 10.1 Å². The van der Waals surface area contributed by atoms with Gasteiger partial charge in [0, 0.05) is 12.4 Å². The second kappa shape index (κ2) is 8.87. The molecule has 1 atom stereocenters. The van der Waals surface area contributed by atoms with Crippen molar-refractivity contribution in [2.75, 3.05) is 6.61 Å². The van der Waals surface area contributed by atoms with E-state index in [9.17, 15) is 14.5 Å². The number of nitro groups is 1. The molecular formula is C19H17Cl2FN8O3. The van der Waals surface area contributed by atoms with Gasteiger partial charge in [-0.25, -0.2) is 18.7 Å². The van der Waals surface area contributed by atoms with Crippen LogP contribution in [0.15, 0.2) is 18.5 Å². The smallest absolute Gasteiger partial charge is 0.353 e. The number of hydrogen-bond acceptors (Lipinski definition) is 8. The Balaban J connectivity index is 1.58. The molecular weight excluding hydrogens is 478 g/mol. The van der Waals surface area contributed by atoms with Crippen molar-refractivity contribution < 1.29 is 14.1 Å². The Morgan fingerprint density at radius 3 is 2.70 bits per heavy atom. The molecule has 0 radical (unpaired) electrons. The Labute approximate surface area is 196 Å². The summed E-state index contributed by atoms with van der Waals surface area (Å²) in [5.41, 5.74) is 2.19. The summed E-state index contributed by atoms with van der Waals surface area (Å²) in [4.78, 5) is 23.2. The number of alkyl halides is 1. The molecule has 0 spiro atoms. The molecule has 4 rings (SSSR count). The SMILES string of the molecule is Cc1cnc(C)c(-n2nc(OCC(F)Cn3nc(Cl)c4cnc(Cl)nc43)c([N+](=O)[O-])c2C)c1. The van der Waals surface area contributed by atoms with Crippen LogP contribution >= 0.6 is 23.2 Å². The van der Waals surface area contributed by atoms with Gasteiger partial charge >= 0.3 is 11.6 Å². The van der Waals surface area contributed by atoms with Crippen LogP contribution in [0.2, 0.25) is 10.4 Å². The highest BCUT2D eigenvalue weighted by Gasteiger charge is 2.29. The minimum absolute atomic E-state index is 0.0375. The number of aryl methyl sites for hydroxylation is 2. The number of ether oxygens (including phenoxy) is 1. The number of fused-ring (bicyclic) bond motifs is 1. The molecule has 0 aliphatic heterocycles. The van der Waals surface area contributed by atoms with Crippen molar-refractivity contribution in [1.82, 2.24) is 34.5 Å². The Kier molecular flexibility index (Phi) is 6.13. The summed E-state index contributed by atoms with van der Waals surface area (Å²) in [6, 6.07) is 1.80. The second-order valence-electron chi connectivity index (χ2n) is 7.28. The highest BCUT2D eigenvalue weighted by molar-refractivity contribution is 6.34. The molecule has 0 bridgehead atoms. The van der Waals surface area contributed by atoms with Crippen LogP contribution in [0.1, 0.15) is 17.0 Å². The molecule has 0 aliphatic rings. The van der Waals surface area contributed by atoms with E-state index in [0.29, 0.717) is 16.8 Å². The average Bonchev–Trinajstić information content (AvgIpc) is 3.24. The van der Waals surface area contributed by atoms with Crippen molar-refractivity contribution >= 4 is 39.9 Å². The third-order valence-electron chi connectivity index (χ3n) is 4.85. The Morgan fingerprint density at radius 1 is 1.21 bits per heavy atom. The molecule has 11 nitrogen and oxygen atoms in total. The van der Waals surface area contributed by atoms with E-state index in [1.807, 2.05) is 6.92 Å². The van der Waals surface area contributed by atoms with Gasteiger partial charge in [0.25, 0.3) is 0 Å². The van der Waals surface area contributed by atoms with Crippen LogP contribution in [-0.4, -0.2) is 52.2 Å². The molecule has 0 fully saturated rings. The lowest BCUT2D eigenvalue weighted by atomic mass is 10.2. The number of aromatic nitrogens is 7. The summed E-state index contributed by atoms with van der Waals surface area (Å²) in [5, 5.41) is 20.4. The van der Waals surface area contributed by atoms with Gasteiger partial charge in [-0.2, -0.15) is 10.1 Å². The molecule has 4 aromatic rings. The quantitative estimate of drug-likeness (QED) is 0.214. The van der Waals surface area contributed by atoms with Crippen molar-refractivity contribution in [3.63, 3.8) is 0 Å². The fourth-order valence-electron chi connectivity index (χ4n) is 3.29. The number of pyridine rings is 1. The van der Waals surface area contributed by atoms with Crippen LogP contribution in [-0.2, 0) is 6.54 Å². The number of rotatable bonds is 7. The molecule has 4 heterocycles. The summed E-state index contributed by atoms with van der Waals surface area (Å²) >= 11 is 11.9. The average molecular weight is 495 g/mol. The van der Waals surface area contributed by atoms with Gasteiger partial charge in [0.05, 0.1) is 28.2 Å². The fourth-order valence-corrected chi connectivity index (χ4v) is 3.64. The molecule has 0 aromatic carbocycles. The van der Waals surface area contributed by atoms with Gasteiger partial charge in [0.2, 0.25) is 5.28 Å². The topological polar surface area (TPSA) is 127 Å². The first-order valence-corrected chi connectivity index (χ1v) is 10.4. The first-order valence-electron chi connectivity index (χ1n) is 9.64. The van der Waals surface area contributed by atoms with Crippen molar-refractivity contribution in [1.29, 1.82) is 0 Å². The van der Waals surface area contributed by atoms with Crippen molar-refractivity contribution in [3.05, 3.63) is 56.0 Å². The fraction of sp³-hybridized carbons (Fsp3) is 0.316. The Hall–Kier alpha value is -3.38. The normalized spacial score (nSPS) is 12.3. The van der Waals surface area contributed by atoms with Gasteiger partial charge in [-0.15, -0.1) is 5.10 Å². The first-order chi connectivity index (χ1) is 15.7. The maximum atomic E-state index is 14.8. The van der Waals surface area contributed by atoms with Crippen molar-refractivity contribution in [2.24, 2.45) is 0 Å². The lowest BCUT2D eigenvalue weighted by molar-refractivity contribution is -0.386. The number of nitrogens with zero attached hydrogens (tertiary/aromatic N) is 8. The minimum atomic E-state index is -1.61. The maximum absolute atomic E-state index is 14.8. The van der Waals surface area contributed by atoms with Crippen LogP contribution in [0.5, 0.6) is 5.88 Å². The van der Waals surface area contributed by atoms with E-state index >= 15 is 0 Å². The summed E-state index contributed by atoms with van der Waals surface area (Å²) in [5.74, 6) is -0.296. The lowest BCUT2D eigenvalue weighted by Gasteiger charge is -2.09. The summed E-state index contributed by atoms with van der Waals surface area (Å²) in [7, 11) is 0. The maximum Gasteiger partial charge on any atom is 0.353 e. The minimum Gasteiger partial charge on any atom is -0.469 e. The number of hydrogen-bond donors (Lipinski definition) is 0. The van der Waals surface area contributed by atoms with Crippen LogP contribution in [0.25, 0.3) is 16.7 Å². The lowest BCUT2D eigenvalue weighted by Crippen LogP contribution is -2.21. The van der Waals surface area contributed by atoms with Crippen LogP contribution < -0.4 is 4.74 Å². The largest absolute Gasteiger partial charge is 0.469 e. The Bertz CT molecular complexity index is 1370. The second-order valence-corrected chi connectivity index (χ2v) is 7.98. The molecule has 0 N–H and O–H groups in total. The highest BCUT2D eigenvalue weighted by Crippen LogP contribution is 2.32. The Morgan fingerprint density at radius 2 is 1.97 bits per heavy atom. The molecule has 0 saturated heterocycles. The van der Waals surface area contributed by atoms with E-state index in [1.165, 1.54) is 22.5 Å². The third-order valence-corrected chi connectivity index (χ3v) is 5.31. The van der Waals surface area contributed by atoms with Gasteiger partial charge in [-0.05, 0) is 44.0 Å². The molecule has 0 aliphatic carbocycles. The zero-order valence-corrected chi connectivity index (χ0v) is 19.2. The number of halogens is 3. The van der Waals surface area contributed by atoms with Gasteiger partial charge in [-0.3, -0.25) is 15.1 Å². The van der Waals surface area contributed by atoms with E-state index in [4.69, 9.17) is 27.9 Å². The molecule has 4 aromatic heterocycles. The molecule has 1 unspecified atom stereocenters. The molecule has 33 heavy (non-hydrogen) atoms. The highest BCUT2D eigenvalue weighted by atomic mass is 35.5. The first kappa shape index (κ1) is 22.8. The van der Waals surface area contributed by atoms with Crippen LogP contribution in [0, 0.1) is 30.9 Å². The zero-order chi connectivity index (χ0) is 23.9. The zero-order valence-electron chi connectivity index (χ0n) is 17.7. The summed E-state index contributed by atoms with van der Waals surface area (Å²) in [6.45, 7) is 4.35. The summed E-state index contributed by atoms with van der Waals surface area (Å²) < 4.78 is 22.8. The molecule has 0 amide bonds. The van der Waals surface area contributed by atoms with E-state index in [-0.39, 0.29) is 39.9 Å². The third kappa shape index (κ3) is 4.44. The van der Waals surface area contributed by atoms with Gasteiger partial charge in [-0.1, -0.05) is 11.6 Å². The predicted octanol–water partition coefficient (Wildman–Crippen LogP) is 3.96. The van der Waals surface area contributed by atoms with Gasteiger partial charge in [0.1, 0.15) is 12.3 Å².